The van der Waals surface area contributed by atoms with E-state index < -0.39 is 6.10 Å². The van der Waals surface area contributed by atoms with Gasteiger partial charge in [0.25, 0.3) is 0 Å². The van der Waals surface area contributed by atoms with Crippen LogP contribution < -0.4 is 0 Å². The van der Waals surface area contributed by atoms with Crippen LogP contribution in [0.5, 0.6) is 0 Å². The van der Waals surface area contributed by atoms with E-state index in [-0.39, 0.29) is 31.1 Å². The third-order valence-electron chi connectivity index (χ3n) is 14.0. The van der Waals surface area contributed by atoms with Gasteiger partial charge in [-0.1, -0.05) is 281 Å². The lowest BCUT2D eigenvalue weighted by atomic mass is 10.1. The van der Waals surface area contributed by atoms with Crippen LogP contribution in [0.3, 0.4) is 0 Å². The Morgan fingerprint density at radius 2 is 0.470 bits per heavy atom. The lowest BCUT2D eigenvalue weighted by Crippen LogP contribution is -2.30. The van der Waals surface area contributed by atoms with Gasteiger partial charge in [0.2, 0.25) is 0 Å². The molecule has 1 atom stereocenters. The van der Waals surface area contributed by atoms with E-state index in [4.69, 9.17) is 14.2 Å². The van der Waals surface area contributed by atoms with E-state index in [1.807, 2.05) is 0 Å². The summed E-state index contributed by atoms with van der Waals surface area (Å²) in [5.41, 5.74) is 0. The summed E-state index contributed by atoms with van der Waals surface area (Å²) in [4.78, 5) is 38.5. The summed E-state index contributed by atoms with van der Waals surface area (Å²) in [6, 6.07) is 0. The molecule has 0 aromatic carbocycles. The van der Waals surface area contributed by atoms with E-state index in [1.54, 1.807) is 0 Å². The van der Waals surface area contributed by atoms with Gasteiger partial charge < -0.3 is 14.2 Å². The SMILES string of the molecule is CC/C=C\C/C=C\C/C=C\C/C=C\C/C=C\C/C=C\C/C=C\CCCCCC(=O)OCC(COC(=O)CCCCCCCCCCC/C=C\C/C=C\CCCCC)OC(=O)CCCCCCCCCC/C=C\C/C=C\C/C=C\C/C=C\CC. The minimum atomic E-state index is -0.809. The second-order valence-corrected chi connectivity index (χ2v) is 22.0. The fourth-order valence-corrected chi connectivity index (χ4v) is 8.97. The highest BCUT2D eigenvalue weighted by molar-refractivity contribution is 5.71. The fraction of sp³-hybridized carbons (Fsp3) is 0.623. The fourth-order valence-electron chi connectivity index (χ4n) is 8.97. The molecule has 0 saturated carbocycles. The Balaban J connectivity index is 4.50. The maximum Gasteiger partial charge on any atom is 0.306 e. The summed E-state index contributed by atoms with van der Waals surface area (Å²) in [5, 5.41) is 0. The molecule has 0 aliphatic rings. The minimum absolute atomic E-state index is 0.100. The normalized spacial score (nSPS) is 13.1. The molecule has 0 aromatic heterocycles. The van der Waals surface area contributed by atoms with Crippen molar-refractivity contribution in [2.75, 3.05) is 13.2 Å². The second kappa shape index (κ2) is 69.5. The van der Waals surface area contributed by atoms with Gasteiger partial charge >= 0.3 is 17.9 Å². The molecule has 0 aliphatic carbocycles. The molecule has 0 N–H and O–H groups in total. The number of rotatable bonds is 60. The number of esters is 3. The van der Waals surface area contributed by atoms with Crippen LogP contribution in [0.2, 0.25) is 0 Å². The van der Waals surface area contributed by atoms with Crippen LogP contribution in [0.15, 0.2) is 158 Å². The summed E-state index contributed by atoms with van der Waals surface area (Å²) >= 11 is 0. The average molecular weight is 1150 g/mol. The van der Waals surface area contributed by atoms with E-state index >= 15 is 0 Å². The van der Waals surface area contributed by atoms with E-state index in [9.17, 15) is 14.4 Å². The van der Waals surface area contributed by atoms with Gasteiger partial charge in [0, 0.05) is 19.3 Å². The lowest BCUT2D eigenvalue weighted by Gasteiger charge is -2.18. The van der Waals surface area contributed by atoms with Crippen LogP contribution >= 0.6 is 0 Å². The molecule has 0 saturated heterocycles. The molecular weight excluding hydrogens is 1020 g/mol. The first kappa shape index (κ1) is 78.0. The molecule has 0 radical (unpaired) electrons. The van der Waals surface area contributed by atoms with E-state index in [2.05, 4.69) is 179 Å². The van der Waals surface area contributed by atoms with Crippen molar-refractivity contribution in [3.05, 3.63) is 158 Å². The molecule has 0 spiro atoms. The topological polar surface area (TPSA) is 78.9 Å². The zero-order valence-electron chi connectivity index (χ0n) is 53.7. The van der Waals surface area contributed by atoms with E-state index in [0.717, 1.165) is 148 Å². The lowest BCUT2D eigenvalue weighted by molar-refractivity contribution is -0.167. The molecule has 0 aromatic rings. The first-order chi connectivity index (χ1) is 41.0. The van der Waals surface area contributed by atoms with E-state index in [1.165, 1.54) is 103 Å². The predicted octanol–water partition coefficient (Wildman–Crippen LogP) is 23.7. The van der Waals surface area contributed by atoms with Crippen LogP contribution in [-0.4, -0.2) is 37.2 Å². The molecule has 6 heteroatoms. The molecule has 0 aliphatic heterocycles. The smallest absolute Gasteiger partial charge is 0.306 e. The Kier molecular flexibility index (Phi) is 65.4. The van der Waals surface area contributed by atoms with Gasteiger partial charge in [-0.05, 0) is 148 Å². The zero-order valence-corrected chi connectivity index (χ0v) is 53.7. The first-order valence-corrected chi connectivity index (χ1v) is 34.0. The molecule has 0 heterocycles. The molecule has 6 nitrogen and oxygen atoms in total. The highest BCUT2D eigenvalue weighted by Crippen LogP contribution is 2.15. The van der Waals surface area contributed by atoms with Gasteiger partial charge in [-0.15, -0.1) is 0 Å². The van der Waals surface area contributed by atoms with Gasteiger partial charge in [0.15, 0.2) is 6.10 Å². The van der Waals surface area contributed by atoms with Gasteiger partial charge in [0.05, 0.1) is 0 Å². The number of allylic oxidation sites excluding steroid dienone is 26. The molecule has 83 heavy (non-hydrogen) atoms. The number of carbonyl (C=O) groups excluding carboxylic acids is 3. The van der Waals surface area contributed by atoms with Crippen LogP contribution in [0.25, 0.3) is 0 Å². The maximum atomic E-state index is 13.0. The Hall–Kier alpha value is -4.97. The van der Waals surface area contributed by atoms with Gasteiger partial charge in [-0.3, -0.25) is 14.4 Å². The predicted molar refractivity (Wildman–Crippen MR) is 362 cm³/mol. The van der Waals surface area contributed by atoms with Crippen LogP contribution in [0.4, 0.5) is 0 Å². The standard InChI is InChI=1S/C77H124O6/c1-4-7-10-13-16-19-22-25-28-31-34-36-37-38-39-41-43-46-49-52-55-58-61-64-67-70-76(79)82-73-74(72-81-75(78)69-66-63-60-57-54-51-48-45-42-33-30-27-24-21-18-15-12-9-6-3)83-77(80)71-68-65-62-59-56-53-50-47-44-40-35-32-29-26-23-20-17-14-11-8-5-2/h7-8,10-11,16-21,25-30,34-36,38-40,43,46,52,55,74H,4-6,9,12-15,22-24,31-33,37,41-42,44-45,47-51,53-54,56-73H2,1-3H3/b10-7-,11-8-,19-16-,20-17-,21-18-,28-25-,29-26-,30-27-,36-34-,39-38-,40-35-,46-43-,55-52-. The Bertz CT molecular complexity index is 1840. The number of hydrogen-bond donors (Lipinski definition) is 0. The third kappa shape index (κ3) is 67.7. The molecule has 468 valence electrons. The van der Waals surface area contributed by atoms with Gasteiger partial charge in [-0.2, -0.15) is 0 Å². The van der Waals surface area contributed by atoms with Gasteiger partial charge in [-0.25, -0.2) is 0 Å². The average Bonchev–Trinajstić information content (AvgIpc) is 3.50. The van der Waals surface area contributed by atoms with Crippen LogP contribution in [0.1, 0.15) is 290 Å². The molecular formula is C77H124O6. The van der Waals surface area contributed by atoms with Crippen molar-refractivity contribution in [1.82, 2.24) is 0 Å². The summed E-state index contributed by atoms with van der Waals surface area (Å²) < 4.78 is 16.9. The summed E-state index contributed by atoms with van der Waals surface area (Å²) in [6.07, 6.45) is 101. The van der Waals surface area contributed by atoms with Crippen molar-refractivity contribution in [1.29, 1.82) is 0 Å². The number of ether oxygens (including phenoxy) is 3. The molecule has 0 bridgehead atoms. The van der Waals surface area contributed by atoms with Crippen molar-refractivity contribution < 1.29 is 28.6 Å². The van der Waals surface area contributed by atoms with Crippen LogP contribution in [0, 0.1) is 0 Å². The number of carbonyl (C=O) groups is 3. The van der Waals surface area contributed by atoms with Crippen molar-refractivity contribution in [2.45, 2.75) is 297 Å². The third-order valence-corrected chi connectivity index (χ3v) is 14.0. The monoisotopic (exact) mass is 1140 g/mol. The highest BCUT2D eigenvalue weighted by Gasteiger charge is 2.19. The first-order valence-electron chi connectivity index (χ1n) is 34.0. The maximum absolute atomic E-state index is 13.0. The largest absolute Gasteiger partial charge is 0.462 e. The highest BCUT2D eigenvalue weighted by atomic mass is 16.6. The number of unbranched alkanes of at least 4 members (excludes halogenated alkanes) is 23. The summed E-state index contributed by atoms with van der Waals surface area (Å²) in [6.45, 7) is 6.36. The molecule has 0 rings (SSSR count). The Morgan fingerprint density at radius 3 is 0.747 bits per heavy atom. The van der Waals surface area contributed by atoms with E-state index in [0.29, 0.717) is 19.3 Å². The quantitative estimate of drug-likeness (QED) is 0.0261. The van der Waals surface area contributed by atoms with Crippen molar-refractivity contribution in [3.63, 3.8) is 0 Å². The second-order valence-electron chi connectivity index (χ2n) is 22.0. The van der Waals surface area contributed by atoms with Crippen molar-refractivity contribution >= 4 is 17.9 Å². The molecule has 0 amide bonds. The Morgan fingerprint density at radius 1 is 0.253 bits per heavy atom. The minimum Gasteiger partial charge on any atom is -0.462 e. The summed E-state index contributed by atoms with van der Waals surface area (Å²) in [7, 11) is 0. The summed E-state index contributed by atoms with van der Waals surface area (Å²) in [5.74, 6) is -0.944. The van der Waals surface area contributed by atoms with Crippen LogP contribution in [-0.2, 0) is 28.6 Å². The van der Waals surface area contributed by atoms with Crippen molar-refractivity contribution in [3.8, 4) is 0 Å². The number of hydrogen-bond acceptors (Lipinski definition) is 6. The van der Waals surface area contributed by atoms with Gasteiger partial charge in [0.1, 0.15) is 13.2 Å². The van der Waals surface area contributed by atoms with Crippen molar-refractivity contribution in [2.24, 2.45) is 0 Å². The Labute approximate surface area is 511 Å². The molecule has 0 fully saturated rings. The molecule has 1 unspecified atom stereocenters. The zero-order chi connectivity index (χ0) is 59.9.